The minimum absolute atomic E-state index is 0.842. The number of hydrogen-bond acceptors (Lipinski definition) is 1. The lowest BCUT2D eigenvalue weighted by atomic mass is 10.9. The Kier molecular flexibility index (Phi) is 2.17. The Hall–Kier alpha value is 0.611. The van der Waals surface area contributed by atoms with Crippen molar-refractivity contribution in [2.75, 3.05) is 6.61 Å². The first-order valence-corrected chi connectivity index (χ1v) is 6.96. The van der Waals surface area contributed by atoms with E-state index in [2.05, 4.69) is 0 Å². The maximum absolute atomic E-state index is 5.12. The van der Waals surface area contributed by atoms with Crippen LogP contribution in [0.15, 0.2) is 0 Å². The molecule has 0 amide bonds. The third-order valence-electron chi connectivity index (χ3n) is 0.541. The van der Waals surface area contributed by atoms with Gasteiger partial charge >= 0.3 is 0 Å². The molecule has 1 nitrogen and oxygen atoms in total. The van der Waals surface area contributed by atoms with Crippen LogP contribution in [0.5, 0.6) is 0 Å². The fourth-order valence-corrected chi connectivity index (χ4v) is 5.01. The molecule has 0 spiro atoms. The van der Waals surface area contributed by atoms with E-state index in [1.165, 1.54) is 15.1 Å². The van der Waals surface area contributed by atoms with Crippen LogP contribution < -0.4 is 0 Å². The Bertz CT molecular complexity index is 24.3. The van der Waals surface area contributed by atoms with E-state index < -0.39 is 0 Å². The van der Waals surface area contributed by atoms with Gasteiger partial charge in [0.15, 0.2) is 0 Å². The third kappa shape index (κ3) is 1.38. The number of hydrogen-bond donors (Lipinski definition) is 0. The second-order valence-electron chi connectivity index (χ2n) is 1.00. The third-order valence-corrected chi connectivity index (χ3v) is 6.15. The normalized spacial score (nSPS) is 24.0. The van der Waals surface area contributed by atoms with Crippen LogP contribution in [0.4, 0.5) is 0 Å². The van der Waals surface area contributed by atoms with Crippen molar-refractivity contribution < 1.29 is 4.43 Å². The van der Waals surface area contributed by atoms with Gasteiger partial charge in [-0.3, -0.25) is 0 Å². The lowest BCUT2D eigenvalue weighted by molar-refractivity contribution is 0.368. The first-order valence-electron chi connectivity index (χ1n) is 1.85. The second kappa shape index (κ2) is 2.73. The van der Waals surface area contributed by atoms with Crippen molar-refractivity contribution in [1.82, 2.24) is 0 Å². The second-order valence-corrected chi connectivity index (χ2v) is 7.27. The summed E-state index contributed by atoms with van der Waals surface area (Å²) >= 11 is 0. The minimum atomic E-state index is 0.842. The van der Waals surface area contributed by atoms with Gasteiger partial charge in [-0.1, -0.05) is 0 Å². The van der Waals surface area contributed by atoms with Gasteiger partial charge in [0.1, 0.15) is 0 Å². The summed E-state index contributed by atoms with van der Waals surface area (Å²) in [5, 5.41) is 0. The largest absolute Gasteiger partial charge is 0.422 e. The van der Waals surface area contributed by atoms with Crippen LogP contribution in [-0.2, 0) is 4.43 Å². The molecule has 30 valence electrons. The van der Waals surface area contributed by atoms with Gasteiger partial charge in [-0.05, 0) is 6.04 Å². The molecule has 0 atom stereocenters. The molecule has 1 heterocycles. The van der Waals surface area contributed by atoms with Crippen LogP contribution >= 0.6 is 0 Å². The SMILES string of the molecule is C1C[Si][Si][Si]O1. The molecular weight excluding hydrogens is 124 g/mol. The lowest BCUT2D eigenvalue weighted by Crippen LogP contribution is -2.23. The van der Waals surface area contributed by atoms with Gasteiger partial charge in [0.25, 0.3) is 0 Å². The van der Waals surface area contributed by atoms with E-state index in [-0.39, 0.29) is 0 Å². The van der Waals surface area contributed by atoms with Crippen LogP contribution in [-0.4, -0.2) is 33.5 Å². The molecule has 1 fully saturated rings. The van der Waals surface area contributed by atoms with Crippen LogP contribution in [0, 0.1) is 0 Å². The fraction of sp³-hybridized carbons (Fsp3) is 1.00. The first-order chi connectivity index (χ1) is 3.00. The average Bonchev–Trinajstić information content (AvgIpc) is 1.72. The van der Waals surface area contributed by atoms with E-state index in [1.807, 2.05) is 0 Å². The molecule has 6 radical (unpaired) electrons. The Labute approximate surface area is 44.6 Å². The molecule has 1 aliphatic heterocycles. The van der Waals surface area contributed by atoms with Gasteiger partial charge < -0.3 is 4.43 Å². The summed E-state index contributed by atoms with van der Waals surface area (Å²) in [7, 11) is 3.19. The van der Waals surface area contributed by atoms with E-state index in [0.29, 0.717) is 0 Å². The molecule has 4 heteroatoms. The van der Waals surface area contributed by atoms with Crippen molar-refractivity contribution in [3.8, 4) is 0 Å². The maximum atomic E-state index is 5.12. The summed E-state index contributed by atoms with van der Waals surface area (Å²) in [6.07, 6.45) is 0. The molecule has 1 saturated heterocycles. The molecule has 0 aromatic carbocycles. The molecule has 0 saturated carbocycles. The van der Waals surface area contributed by atoms with Crippen LogP contribution in [0.25, 0.3) is 0 Å². The van der Waals surface area contributed by atoms with Crippen molar-refractivity contribution in [2.24, 2.45) is 0 Å². The van der Waals surface area contributed by atoms with Crippen LogP contribution in [0.1, 0.15) is 0 Å². The Morgan fingerprint density at radius 2 is 2.50 bits per heavy atom. The summed E-state index contributed by atoms with van der Waals surface area (Å²) in [6.45, 7) is 1.03. The van der Waals surface area contributed by atoms with Crippen molar-refractivity contribution in [3.63, 3.8) is 0 Å². The highest BCUT2D eigenvalue weighted by Crippen LogP contribution is 1.84. The summed E-state index contributed by atoms with van der Waals surface area (Å²) < 4.78 is 5.12. The van der Waals surface area contributed by atoms with Crippen molar-refractivity contribution in [2.45, 2.75) is 6.04 Å². The summed E-state index contributed by atoms with van der Waals surface area (Å²) in [5.74, 6) is 0. The number of rotatable bonds is 0. The maximum Gasteiger partial charge on any atom is 0.202 e. The molecular formula is C2H4OSi3. The lowest BCUT2D eigenvalue weighted by Gasteiger charge is -2.05. The highest BCUT2D eigenvalue weighted by molar-refractivity contribution is 7.28. The van der Waals surface area contributed by atoms with Crippen molar-refractivity contribution >= 4 is 26.9 Å². The van der Waals surface area contributed by atoms with Crippen molar-refractivity contribution in [3.05, 3.63) is 0 Å². The van der Waals surface area contributed by atoms with Crippen LogP contribution in [0.3, 0.4) is 0 Å². The average molecular weight is 128 g/mol. The van der Waals surface area contributed by atoms with Gasteiger partial charge in [0.2, 0.25) is 9.28 Å². The van der Waals surface area contributed by atoms with Gasteiger partial charge in [0.05, 0.1) is 0 Å². The van der Waals surface area contributed by atoms with Crippen LogP contribution in [0.2, 0.25) is 6.04 Å². The van der Waals surface area contributed by atoms with Gasteiger partial charge in [0, 0.05) is 24.2 Å². The molecule has 0 aromatic heterocycles. The molecule has 0 aliphatic carbocycles. The van der Waals surface area contributed by atoms with Gasteiger partial charge in [-0.25, -0.2) is 0 Å². The zero-order valence-corrected chi connectivity index (χ0v) is 6.32. The zero-order chi connectivity index (χ0) is 4.24. The molecule has 6 heavy (non-hydrogen) atoms. The smallest absolute Gasteiger partial charge is 0.202 e. The Morgan fingerprint density at radius 3 is 2.67 bits per heavy atom. The minimum Gasteiger partial charge on any atom is -0.422 e. The molecule has 0 aromatic rings. The van der Waals surface area contributed by atoms with Crippen molar-refractivity contribution in [1.29, 1.82) is 0 Å². The quantitative estimate of drug-likeness (QED) is 0.392. The predicted molar refractivity (Wildman–Crippen MR) is 28.0 cm³/mol. The molecule has 1 rings (SSSR count). The monoisotopic (exact) mass is 128 g/mol. The summed E-state index contributed by atoms with van der Waals surface area (Å²) in [4.78, 5) is 0. The molecule has 0 unspecified atom stereocenters. The fourth-order valence-electron chi connectivity index (χ4n) is 0.288. The predicted octanol–water partition coefficient (Wildman–Crippen LogP) is -0.708. The highest BCUT2D eigenvalue weighted by Gasteiger charge is 1.99. The van der Waals surface area contributed by atoms with E-state index in [0.717, 1.165) is 24.4 Å². The molecule has 1 aliphatic rings. The molecule has 0 bridgehead atoms. The Morgan fingerprint density at radius 1 is 1.50 bits per heavy atom. The zero-order valence-electron chi connectivity index (χ0n) is 3.32. The summed E-state index contributed by atoms with van der Waals surface area (Å²) in [5.41, 5.74) is 0. The van der Waals surface area contributed by atoms with E-state index in [1.54, 1.807) is 0 Å². The molecule has 0 N–H and O–H groups in total. The first kappa shape index (κ1) is 4.76. The van der Waals surface area contributed by atoms with E-state index in [9.17, 15) is 0 Å². The standard InChI is InChI=1S/C2H4OSi3/c1-2-4-6-5-3-1/h1-2H2. The topological polar surface area (TPSA) is 9.23 Å². The summed E-state index contributed by atoms with van der Waals surface area (Å²) in [6, 6.07) is 1.32. The van der Waals surface area contributed by atoms with Gasteiger partial charge in [-0.2, -0.15) is 0 Å². The Balaban J connectivity index is 2.00. The van der Waals surface area contributed by atoms with E-state index in [4.69, 9.17) is 4.43 Å². The van der Waals surface area contributed by atoms with Gasteiger partial charge in [-0.15, -0.1) is 0 Å². The van der Waals surface area contributed by atoms with E-state index >= 15 is 0 Å². The highest BCUT2D eigenvalue weighted by atomic mass is 29.5.